The van der Waals surface area contributed by atoms with Crippen LogP contribution in [0.25, 0.3) is 0 Å². The Morgan fingerprint density at radius 3 is 2.81 bits per heavy atom. The highest BCUT2D eigenvalue weighted by atomic mass is 16.3. The number of hydrogen-bond acceptors (Lipinski definition) is 4. The number of aliphatic hydroxyl groups is 1. The Hall–Kier alpha value is -2.21. The topological polar surface area (TPSA) is 80.0 Å². The molecular formula is C20H28N4O2. The summed E-state index contributed by atoms with van der Waals surface area (Å²) in [5.74, 6) is 1.56. The van der Waals surface area contributed by atoms with Crippen molar-refractivity contribution >= 4 is 5.91 Å². The highest BCUT2D eigenvalue weighted by Gasteiger charge is 2.36. The van der Waals surface area contributed by atoms with Gasteiger partial charge in [-0.2, -0.15) is 0 Å². The largest absolute Gasteiger partial charge is 0.393 e. The minimum absolute atomic E-state index is 0.0397. The SMILES string of the molecule is CC(C)Cc1ccccc1C(=O)NC[C@H]1C[C@H](c2nncn2C)C[C@H]1O. The van der Waals surface area contributed by atoms with Crippen molar-refractivity contribution in [2.75, 3.05) is 6.54 Å². The molecule has 3 atom stereocenters. The standard InChI is InChI=1S/C20H28N4O2/c1-13(2)8-14-6-4-5-7-17(14)20(26)21-11-16-9-15(10-18(16)25)19-23-22-12-24(19)3/h4-7,12-13,15-16,18,25H,8-11H2,1-3H3,(H,21,26)/t15-,16+,18+/m0/s1. The van der Waals surface area contributed by atoms with E-state index < -0.39 is 6.10 Å². The monoisotopic (exact) mass is 356 g/mol. The molecule has 1 aliphatic rings. The van der Waals surface area contributed by atoms with Gasteiger partial charge in [0, 0.05) is 31.0 Å². The highest BCUT2D eigenvalue weighted by Crippen LogP contribution is 2.37. The summed E-state index contributed by atoms with van der Waals surface area (Å²) in [5, 5.41) is 21.5. The summed E-state index contributed by atoms with van der Waals surface area (Å²) in [4.78, 5) is 12.7. The molecule has 1 aliphatic carbocycles. The van der Waals surface area contributed by atoms with Crippen LogP contribution in [-0.2, 0) is 13.5 Å². The summed E-state index contributed by atoms with van der Waals surface area (Å²) >= 11 is 0. The van der Waals surface area contributed by atoms with Crippen molar-refractivity contribution in [1.82, 2.24) is 20.1 Å². The third-order valence-corrected chi connectivity index (χ3v) is 5.18. The van der Waals surface area contributed by atoms with Gasteiger partial charge in [-0.05, 0) is 36.8 Å². The lowest BCUT2D eigenvalue weighted by Crippen LogP contribution is -2.33. The van der Waals surface area contributed by atoms with Crippen molar-refractivity contribution in [1.29, 1.82) is 0 Å². The van der Waals surface area contributed by atoms with Gasteiger partial charge >= 0.3 is 0 Å². The molecule has 1 saturated carbocycles. The molecule has 0 bridgehead atoms. The Balaban J connectivity index is 1.61. The molecule has 0 spiro atoms. The number of nitrogens with one attached hydrogen (secondary N) is 1. The molecule has 0 aliphatic heterocycles. The smallest absolute Gasteiger partial charge is 0.251 e. The van der Waals surface area contributed by atoms with Crippen LogP contribution in [0, 0.1) is 11.8 Å². The van der Waals surface area contributed by atoms with Crippen molar-refractivity contribution in [3.05, 3.63) is 47.5 Å². The number of carbonyl (C=O) groups excluding carboxylic acids is 1. The molecule has 1 fully saturated rings. The Bertz CT molecular complexity index is 756. The molecule has 0 unspecified atom stereocenters. The predicted octanol–water partition coefficient (Wildman–Crippen LogP) is 2.30. The van der Waals surface area contributed by atoms with Crippen LogP contribution in [0.2, 0.25) is 0 Å². The van der Waals surface area contributed by atoms with Gasteiger partial charge in [-0.15, -0.1) is 10.2 Å². The van der Waals surface area contributed by atoms with Gasteiger partial charge in [0.05, 0.1) is 6.10 Å². The number of amides is 1. The minimum Gasteiger partial charge on any atom is -0.393 e. The Labute approximate surface area is 154 Å². The zero-order chi connectivity index (χ0) is 18.7. The maximum absolute atomic E-state index is 12.7. The van der Waals surface area contributed by atoms with E-state index in [0.717, 1.165) is 29.8 Å². The fourth-order valence-corrected chi connectivity index (χ4v) is 3.87. The molecule has 1 heterocycles. The van der Waals surface area contributed by atoms with Gasteiger partial charge in [0.1, 0.15) is 12.2 Å². The second-order valence-electron chi connectivity index (χ2n) is 7.76. The summed E-state index contributed by atoms with van der Waals surface area (Å²) in [6.07, 6.45) is 3.60. The molecule has 1 aromatic heterocycles. The summed E-state index contributed by atoms with van der Waals surface area (Å²) in [5.41, 5.74) is 1.81. The molecule has 0 saturated heterocycles. The van der Waals surface area contributed by atoms with E-state index in [1.807, 2.05) is 35.9 Å². The maximum Gasteiger partial charge on any atom is 0.251 e. The van der Waals surface area contributed by atoms with Gasteiger partial charge in [-0.25, -0.2) is 0 Å². The van der Waals surface area contributed by atoms with Gasteiger partial charge in [0.2, 0.25) is 0 Å². The van der Waals surface area contributed by atoms with E-state index in [0.29, 0.717) is 18.9 Å². The normalized spacial score (nSPS) is 22.7. The third-order valence-electron chi connectivity index (χ3n) is 5.18. The highest BCUT2D eigenvalue weighted by molar-refractivity contribution is 5.95. The van der Waals surface area contributed by atoms with Crippen LogP contribution in [0.4, 0.5) is 0 Å². The molecule has 3 rings (SSSR count). The first kappa shape index (κ1) is 18.6. The maximum atomic E-state index is 12.7. The lowest BCUT2D eigenvalue weighted by atomic mass is 9.97. The molecule has 6 nitrogen and oxygen atoms in total. The van der Waals surface area contributed by atoms with E-state index in [4.69, 9.17) is 0 Å². The zero-order valence-electron chi connectivity index (χ0n) is 15.7. The predicted molar refractivity (Wildman–Crippen MR) is 99.8 cm³/mol. The van der Waals surface area contributed by atoms with Crippen molar-refractivity contribution in [3.63, 3.8) is 0 Å². The molecule has 0 radical (unpaired) electrons. The fraction of sp³-hybridized carbons (Fsp3) is 0.550. The van der Waals surface area contributed by atoms with E-state index in [9.17, 15) is 9.90 Å². The summed E-state index contributed by atoms with van der Waals surface area (Å²) in [6, 6.07) is 7.76. The number of aliphatic hydroxyl groups excluding tert-OH is 1. The molecule has 2 N–H and O–H groups in total. The first-order valence-corrected chi connectivity index (χ1v) is 9.33. The molecule has 1 aromatic carbocycles. The van der Waals surface area contributed by atoms with Crippen molar-refractivity contribution in [3.8, 4) is 0 Å². The van der Waals surface area contributed by atoms with E-state index in [1.54, 1.807) is 6.33 Å². The number of hydrogen-bond donors (Lipinski definition) is 2. The number of carbonyl (C=O) groups is 1. The van der Waals surface area contributed by atoms with Crippen LogP contribution in [-0.4, -0.2) is 38.4 Å². The average Bonchev–Trinajstić information content (AvgIpc) is 3.18. The van der Waals surface area contributed by atoms with Crippen LogP contribution in [0.5, 0.6) is 0 Å². The first-order valence-electron chi connectivity index (χ1n) is 9.33. The van der Waals surface area contributed by atoms with Crippen LogP contribution >= 0.6 is 0 Å². The van der Waals surface area contributed by atoms with Crippen LogP contribution in [0.15, 0.2) is 30.6 Å². The van der Waals surface area contributed by atoms with E-state index in [-0.39, 0.29) is 17.7 Å². The zero-order valence-corrected chi connectivity index (χ0v) is 15.7. The lowest BCUT2D eigenvalue weighted by Gasteiger charge is -2.16. The lowest BCUT2D eigenvalue weighted by molar-refractivity contribution is 0.0915. The van der Waals surface area contributed by atoms with E-state index >= 15 is 0 Å². The van der Waals surface area contributed by atoms with Gasteiger partial charge in [-0.1, -0.05) is 32.0 Å². The first-order chi connectivity index (χ1) is 12.5. The molecule has 26 heavy (non-hydrogen) atoms. The van der Waals surface area contributed by atoms with Gasteiger partial charge in [0.15, 0.2) is 0 Å². The Morgan fingerprint density at radius 1 is 1.35 bits per heavy atom. The van der Waals surface area contributed by atoms with Crippen molar-refractivity contribution in [2.24, 2.45) is 18.9 Å². The van der Waals surface area contributed by atoms with Gasteiger partial charge in [-0.3, -0.25) is 4.79 Å². The number of rotatable bonds is 6. The van der Waals surface area contributed by atoms with E-state index in [2.05, 4.69) is 29.4 Å². The molecule has 140 valence electrons. The number of nitrogens with zero attached hydrogens (tertiary/aromatic N) is 3. The number of aromatic nitrogens is 3. The molecule has 6 heteroatoms. The minimum atomic E-state index is -0.428. The van der Waals surface area contributed by atoms with Crippen LogP contribution < -0.4 is 5.32 Å². The van der Waals surface area contributed by atoms with Crippen LogP contribution in [0.1, 0.15) is 54.4 Å². The summed E-state index contributed by atoms with van der Waals surface area (Å²) in [6.45, 7) is 4.77. The Morgan fingerprint density at radius 2 is 2.12 bits per heavy atom. The number of aryl methyl sites for hydroxylation is 1. The number of benzene rings is 1. The van der Waals surface area contributed by atoms with Crippen molar-refractivity contribution < 1.29 is 9.90 Å². The Kier molecular flexibility index (Phi) is 5.71. The molecule has 1 amide bonds. The molecular weight excluding hydrogens is 328 g/mol. The third kappa shape index (κ3) is 4.12. The quantitative estimate of drug-likeness (QED) is 0.832. The summed E-state index contributed by atoms with van der Waals surface area (Å²) in [7, 11) is 1.92. The molecule has 2 aromatic rings. The van der Waals surface area contributed by atoms with Gasteiger partial charge in [0.25, 0.3) is 5.91 Å². The second kappa shape index (κ2) is 7.99. The summed E-state index contributed by atoms with van der Waals surface area (Å²) < 4.78 is 1.90. The second-order valence-corrected chi connectivity index (χ2v) is 7.76. The van der Waals surface area contributed by atoms with Gasteiger partial charge < -0.3 is 15.0 Å². The average molecular weight is 356 g/mol. The van der Waals surface area contributed by atoms with Crippen molar-refractivity contribution in [2.45, 2.75) is 45.1 Å². The fourth-order valence-electron chi connectivity index (χ4n) is 3.87. The van der Waals surface area contributed by atoms with E-state index in [1.165, 1.54) is 0 Å². The van der Waals surface area contributed by atoms with Crippen LogP contribution in [0.3, 0.4) is 0 Å².